The standard InChI is InChI=1S/C22H24FN3O/c23-17-6-9-21-19(14-17)20(22(27)25-21)15-24-18-7-4-16(5-8-18)10-13-26-11-2-1-3-12-26/h4-9,14-15,20H,1-3,10-13H2,(H,25,27). The lowest BCUT2D eigenvalue weighted by Crippen LogP contribution is -2.31. The average molecular weight is 365 g/mol. The van der Waals surface area contributed by atoms with Crippen molar-refractivity contribution in [3.8, 4) is 0 Å². The zero-order valence-corrected chi connectivity index (χ0v) is 15.3. The summed E-state index contributed by atoms with van der Waals surface area (Å²) in [7, 11) is 0. The molecule has 0 radical (unpaired) electrons. The molecule has 2 aromatic rings. The van der Waals surface area contributed by atoms with Crippen LogP contribution in [0.3, 0.4) is 0 Å². The minimum atomic E-state index is -0.547. The third-order valence-corrected chi connectivity index (χ3v) is 5.36. The van der Waals surface area contributed by atoms with Gasteiger partial charge in [0, 0.05) is 18.4 Å². The number of likely N-dealkylation sites (tertiary alicyclic amines) is 1. The summed E-state index contributed by atoms with van der Waals surface area (Å²) >= 11 is 0. The Bertz CT molecular complexity index is 841. The van der Waals surface area contributed by atoms with Crippen LogP contribution in [0.1, 0.15) is 36.3 Å². The second kappa shape index (κ2) is 8.01. The molecule has 1 unspecified atom stereocenters. The molecule has 2 heterocycles. The molecule has 140 valence electrons. The molecule has 1 N–H and O–H groups in total. The monoisotopic (exact) mass is 365 g/mol. The van der Waals surface area contributed by atoms with Crippen LogP contribution in [-0.2, 0) is 11.2 Å². The Hall–Kier alpha value is -2.53. The van der Waals surface area contributed by atoms with E-state index in [-0.39, 0.29) is 11.7 Å². The van der Waals surface area contributed by atoms with E-state index in [2.05, 4.69) is 27.3 Å². The molecule has 0 spiro atoms. The van der Waals surface area contributed by atoms with E-state index in [4.69, 9.17) is 0 Å². The van der Waals surface area contributed by atoms with Crippen molar-refractivity contribution < 1.29 is 9.18 Å². The number of hydrogen-bond acceptors (Lipinski definition) is 3. The number of aliphatic imine (C=N–C) groups is 1. The highest BCUT2D eigenvalue weighted by Crippen LogP contribution is 2.32. The molecule has 1 saturated heterocycles. The van der Waals surface area contributed by atoms with Crippen molar-refractivity contribution in [3.05, 3.63) is 59.4 Å². The largest absolute Gasteiger partial charge is 0.325 e. The lowest BCUT2D eigenvalue weighted by molar-refractivity contribution is -0.115. The van der Waals surface area contributed by atoms with E-state index in [0.29, 0.717) is 11.3 Å². The third-order valence-electron chi connectivity index (χ3n) is 5.36. The highest BCUT2D eigenvalue weighted by Gasteiger charge is 2.29. The van der Waals surface area contributed by atoms with Gasteiger partial charge in [0.1, 0.15) is 11.7 Å². The molecule has 2 aliphatic rings. The number of hydrogen-bond donors (Lipinski definition) is 1. The Balaban J connectivity index is 1.38. The number of carbonyl (C=O) groups is 1. The van der Waals surface area contributed by atoms with Crippen molar-refractivity contribution in [2.45, 2.75) is 31.6 Å². The van der Waals surface area contributed by atoms with Crippen molar-refractivity contribution in [3.63, 3.8) is 0 Å². The van der Waals surface area contributed by atoms with Gasteiger partial charge in [-0.1, -0.05) is 18.6 Å². The Morgan fingerprint density at radius 2 is 1.89 bits per heavy atom. The SMILES string of the molecule is O=C1Nc2ccc(F)cc2C1C=Nc1ccc(CCN2CCCCC2)cc1. The van der Waals surface area contributed by atoms with E-state index >= 15 is 0 Å². The maximum Gasteiger partial charge on any atom is 0.237 e. The number of fused-ring (bicyclic) bond motifs is 1. The number of anilines is 1. The van der Waals surface area contributed by atoms with E-state index in [1.165, 1.54) is 50.0 Å². The molecule has 0 aliphatic carbocycles. The third kappa shape index (κ3) is 4.25. The molecule has 2 aliphatic heterocycles. The summed E-state index contributed by atoms with van der Waals surface area (Å²) in [6.45, 7) is 3.54. The number of halogens is 1. The van der Waals surface area contributed by atoms with Crippen LogP contribution in [0.15, 0.2) is 47.5 Å². The molecular formula is C22H24FN3O. The van der Waals surface area contributed by atoms with Crippen molar-refractivity contribution in [2.75, 3.05) is 25.0 Å². The molecule has 0 bridgehead atoms. The molecule has 27 heavy (non-hydrogen) atoms. The quantitative estimate of drug-likeness (QED) is 0.803. The van der Waals surface area contributed by atoms with Crippen molar-refractivity contribution in [1.82, 2.24) is 4.90 Å². The van der Waals surface area contributed by atoms with Gasteiger partial charge in [0.2, 0.25) is 5.91 Å². The van der Waals surface area contributed by atoms with Crippen LogP contribution >= 0.6 is 0 Å². The first-order valence-corrected chi connectivity index (χ1v) is 9.65. The Labute approximate surface area is 159 Å². The molecule has 1 fully saturated rings. The van der Waals surface area contributed by atoms with Crippen LogP contribution in [0.25, 0.3) is 0 Å². The fourth-order valence-corrected chi connectivity index (χ4v) is 3.78. The second-order valence-electron chi connectivity index (χ2n) is 7.30. The fourth-order valence-electron chi connectivity index (χ4n) is 3.78. The summed E-state index contributed by atoms with van der Waals surface area (Å²) in [4.78, 5) is 19.1. The summed E-state index contributed by atoms with van der Waals surface area (Å²) in [5.41, 5.74) is 3.40. The first-order chi connectivity index (χ1) is 13.2. The van der Waals surface area contributed by atoms with E-state index in [1.54, 1.807) is 12.3 Å². The fraction of sp³-hybridized carbons (Fsp3) is 0.364. The van der Waals surface area contributed by atoms with E-state index in [0.717, 1.165) is 18.7 Å². The van der Waals surface area contributed by atoms with Gasteiger partial charge in [0.15, 0.2) is 0 Å². The topological polar surface area (TPSA) is 44.7 Å². The first kappa shape index (κ1) is 17.9. The van der Waals surface area contributed by atoms with Gasteiger partial charge in [0.25, 0.3) is 0 Å². The van der Waals surface area contributed by atoms with Gasteiger partial charge in [-0.05, 0) is 73.8 Å². The van der Waals surface area contributed by atoms with Crippen LogP contribution in [0.5, 0.6) is 0 Å². The number of carbonyl (C=O) groups excluding carboxylic acids is 1. The number of benzene rings is 2. The van der Waals surface area contributed by atoms with E-state index < -0.39 is 5.92 Å². The minimum absolute atomic E-state index is 0.169. The Kier molecular flexibility index (Phi) is 5.30. The maximum atomic E-state index is 13.5. The number of nitrogens with zero attached hydrogens (tertiary/aromatic N) is 2. The van der Waals surface area contributed by atoms with Gasteiger partial charge in [-0.3, -0.25) is 9.79 Å². The van der Waals surface area contributed by atoms with Crippen molar-refractivity contribution in [2.24, 2.45) is 4.99 Å². The molecule has 5 heteroatoms. The summed E-state index contributed by atoms with van der Waals surface area (Å²) in [6.07, 6.45) is 6.63. The molecule has 1 amide bonds. The summed E-state index contributed by atoms with van der Waals surface area (Å²) in [5.74, 6) is -1.06. The molecule has 1 atom stereocenters. The zero-order chi connectivity index (χ0) is 18.6. The van der Waals surface area contributed by atoms with Gasteiger partial charge in [-0.25, -0.2) is 4.39 Å². The lowest BCUT2D eigenvalue weighted by atomic mass is 10.0. The van der Waals surface area contributed by atoms with Gasteiger partial charge >= 0.3 is 0 Å². The molecule has 0 aromatic heterocycles. The summed E-state index contributed by atoms with van der Waals surface area (Å²) in [6, 6.07) is 12.5. The maximum absolute atomic E-state index is 13.5. The molecule has 2 aromatic carbocycles. The Morgan fingerprint density at radius 1 is 1.11 bits per heavy atom. The zero-order valence-electron chi connectivity index (χ0n) is 15.3. The number of rotatable bonds is 5. The lowest BCUT2D eigenvalue weighted by Gasteiger charge is -2.26. The summed E-state index contributed by atoms with van der Waals surface area (Å²) < 4.78 is 13.5. The van der Waals surface area contributed by atoms with Crippen LogP contribution in [0, 0.1) is 5.82 Å². The smallest absolute Gasteiger partial charge is 0.237 e. The predicted octanol–water partition coefficient (Wildman–Crippen LogP) is 4.29. The van der Waals surface area contributed by atoms with E-state index in [9.17, 15) is 9.18 Å². The van der Waals surface area contributed by atoms with Crippen LogP contribution < -0.4 is 5.32 Å². The van der Waals surface area contributed by atoms with Crippen LogP contribution in [0.4, 0.5) is 15.8 Å². The number of piperidine rings is 1. The molecular weight excluding hydrogens is 341 g/mol. The number of nitrogens with one attached hydrogen (secondary N) is 1. The predicted molar refractivity (Wildman–Crippen MR) is 106 cm³/mol. The van der Waals surface area contributed by atoms with Gasteiger partial charge in [-0.2, -0.15) is 0 Å². The van der Waals surface area contributed by atoms with Gasteiger partial charge in [-0.15, -0.1) is 0 Å². The summed E-state index contributed by atoms with van der Waals surface area (Å²) in [5, 5.41) is 2.77. The van der Waals surface area contributed by atoms with Gasteiger partial charge < -0.3 is 10.2 Å². The first-order valence-electron chi connectivity index (χ1n) is 9.65. The van der Waals surface area contributed by atoms with Gasteiger partial charge in [0.05, 0.1) is 5.69 Å². The highest BCUT2D eigenvalue weighted by molar-refractivity contribution is 6.12. The normalized spacial score (nSPS) is 20.0. The van der Waals surface area contributed by atoms with Crippen LogP contribution in [0.2, 0.25) is 0 Å². The minimum Gasteiger partial charge on any atom is -0.325 e. The Morgan fingerprint density at radius 3 is 2.67 bits per heavy atom. The second-order valence-corrected chi connectivity index (χ2v) is 7.30. The number of amides is 1. The van der Waals surface area contributed by atoms with Crippen molar-refractivity contribution >= 4 is 23.5 Å². The van der Waals surface area contributed by atoms with Crippen LogP contribution in [-0.4, -0.2) is 36.7 Å². The molecule has 0 saturated carbocycles. The van der Waals surface area contributed by atoms with Crippen molar-refractivity contribution in [1.29, 1.82) is 0 Å². The molecule has 4 nitrogen and oxygen atoms in total. The van der Waals surface area contributed by atoms with E-state index in [1.807, 2.05) is 12.1 Å². The highest BCUT2D eigenvalue weighted by atomic mass is 19.1. The average Bonchev–Trinajstić information content (AvgIpc) is 3.01. The molecule has 4 rings (SSSR count).